The van der Waals surface area contributed by atoms with Crippen molar-refractivity contribution in [2.45, 2.75) is 0 Å². The van der Waals surface area contributed by atoms with Crippen LogP contribution in [0.3, 0.4) is 0 Å². The fourth-order valence-electron chi connectivity index (χ4n) is 1.34. The molecule has 0 heterocycles. The lowest BCUT2D eigenvalue weighted by Crippen LogP contribution is -2.19. The summed E-state index contributed by atoms with van der Waals surface area (Å²) >= 11 is 0. The molecule has 1 rings (SSSR count). The molecule has 0 aromatic heterocycles. The molecule has 9 heteroatoms. The first kappa shape index (κ1) is 13.5. The number of hydrogen-bond donors (Lipinski definition) is 4. The Kier molecular flexibility index (Phi) is 4.69. The maximum Gasteiger partial charge on any atom is 0.404 e. The SMILES string of the molecule is NNc1cccc(NCCOC(N)=O)c1[N+](=O)[O-]. The second kappa shape index (κ2) is 6.25. The molecule has 0 unspecified atom stereocenters. The highest BCUT2D eigenvalue weighted by Gasteiger charge is 2.18. The van der Waals surface area contributed by atoms with Gasteiger partial charge in [-0.05, 0) is 12.1 Å². The van der Waals surface area contributed by atoms with Crippen LogP contribution in [0.4, 0.5) is 21.9 Å². The van der Waals surface area contributed by atoms with Gasteiger partial charge in [0.1, 0.15) is 18.0 Å². The van der Waals surface area contributed by atoms with Crippen LogP contribution < -0.4 is 22.3 Å². The molecule has 0 saturated carbocycles. The zero-order chi connectivity index (χ0) is 13.5. The second-order valence-electron chi connectivity index (χ2n) is 3.20. The summed E-state index contributed by atoms with van der Waals surface area (Å²) in [4.78, 5) is 20.7. The summed E-state index contributed by atoms with van der Waals surface area (Å²) in [6, 6.07) is 4.59. The van der Waals surface area contributed by atoms with E-state index in [1.807, 2.05) is 0 Å². The van der Waals surface area contributed by atoms with Crippen molar-refractivity contribution < 1.29 is 14.5 Å². The molecule has 0 aliphatic carbocycles. The van der Waals surface area contributed by atoms with E-state index >= 15 is 0 Å². The molecular weight excluding hydrogens is 242 g/mol. The molecule has 98 valence electrons. The van der Waals surface area contributed by atoms with Gasteiger partial charge in [-0.1, -0.05) is 6.07 Å². The van der Waals surface area contributed by atoms with Crippen molar-refractivity contribution in [2.75, 3.05) is 23.9 Å². The van der Waals surface area contributed by atoms with Gasteiger partial charge in [-0.3, -0.25) is 16.0 Å². The number of nitro groups is 1. The van der Waals surface area contributed by atoms with Crippen LogP contribution in [0.1, 0.15) is 0 Å². The third-order valence-corrected chi connectivity index (χ3v) is 2.04. The lowest BCUT2D eigenvalue weighted by Gasteiger charge is -2.09. The third-order valence-electron chi connectivity index (χ3n) is 2.04. The number of hydrogen-bond acceptors (Lipinski definition) is 7. The van der Waals surface area contributed by atoms with E-state index in [9.17, 15) is 14.9 Å². The van der Waals surface area contributed by atoms with Gasteiger partial charge < -0.3 is 21.2 Å². The molecule has 0 spiro atoms. The topological polar surface area (TPSA) is 146 Å². The fourth-order valence-corrected chi connectivity index (χ4v) is 1.34. The fraction of sp³-hybridized carbons (Fsp3) is 0.222. The molecule has 1 aromatic rings. The Morgan fingerprint density at radius 2 is 2.11 bits per heavy atom. The number of hydrazine groups is 1. The number of amides is 1. The van der Waals surface area contributed by atoms with Crippen molar-refractivity contribution in [2.24, 2.45) is 11.6 Å². The average molecular weight is 255 g/mol. The molecule has 0 aliphatic rings. The van der Waals surface area contributed by atoms with Crippen LogP contribution in [-0.4, -0.2) is 24.2 Å². The van der Waals surface area contributed by atoms with Gasteiger partial charge in [0.15, 0.2) is 0 Å². The highest BCUT2D eigenvalue weighted by Crippen LogP contribution is 2.31. The lowest BCUT2D eigenvalue weighted by molar-refractivity contribution is -0.383. The maximum atomic E-state index is 10.9. The molecule has 0 aliphatic heterocycles. The number of para-hydroxylation sites is 1. The number of nitrogen functional groups attached to an aromatic ring is 1. The Balaban J connectivity index is 2.75. The number of anilines is 2. The van der Waals surface area contributed by atoms with E-state index in [0.717, 1.165) is 0 Å². The molecule has 0 saturated heterocycles. The van der Waals surface area contributed by atoms with Gasteiger partial charge in [0.05, 0.1) is 4.92 Å². The van der Waals surface area contributed by atoms with Crippen molar-refractivity contribution in [1.29, 1.82) is 0 Å². The van der Waals surface area contributed by atoms with Crippen LogP contribution in [0.15, 0.2) is 18.2 Å². The normalized spacial score (nSPS) is 9.61. The van der Waals surface area contributed by atoms with Crippen LogP contribution >= 0.6 is 0 Å². The van der Waals surface area contributed by atoms with Gasteiger partial charge in [-0.15, -0.1) is 0 Å². The van der Waals surface area contributed by atoms with E-state index in [4.69, 9.17) is 11.6 Å². The molecule has 18 heavy (non-hydrogen) atoms. The number of primary amides is 1. The minimum atomic E-state index is -0.899. The Labute approximate surface area is 102 Å². The number of nitrogens with one attached hydrogen (secondary N) is 2. The summed E-state index contributed by atoms with van der Waals surface area (Å²) in [5, 5.41) is 13.7. The van der Waals surface area contributed by atoms with Crippen LogP contribution in [-0.2, 0) is 4.74 Å². The van der Waals surface area contributed by atoms with Crippen LogP contribution in [0.25, 0.3) is 0 Å². The van der Waals surface area contributed by atoms with E-state index in [0.29, 0.717) is 0 Å². The van der Waals surface area contributed by atoms with Crippen molar-refractivity contribution in [3.63, 3.8) is 0 Å². The van der Waals surface area contributed by atoms with E-state index < -0.39 is 11.0 Å². The summed E-state index contributed by atoms with van der Waals surface area (Å²) in [7, 11) is 0. The summed E-state index contributed by atoms with van der Waals surface area (Å²) in [5.41, 5.74) is 7.28. The smallest absolute Gasteiger partial charge is 0.404 e. The van der Waals surface area contributed by atoms with Crippen molar-refractivity contribution in [3.05, 3.63) is 28.3 Å². The quantitative estimate of drug-likeness (QED) is 0.249. The van der Waals surface area contributed by atoms with Crippen molar-refractivity contribution in [3.8, 4) is 0 Å². The van der Waals surface area contributed by atoms with Gasteiger partial charge in [0.2, 0.25) is 0 Å². The zero-order valence-corrected chi connectivity index (χ0v) is 9.38. The van der Waals surface area contributed by atoms with Gasteiger partial charge >= 0.3 is 11.8 Å². The van der Waals surface area contributed by atoms with Gasteiger partial charge in [-0.2, -0.15) is 0 Å². The van der Waals surface area contributed by atoms with Crippen LogP contribution in [0, 0.1) is 10.1 Å². The number of nitrogens with zero attached hydrogens (tertiary/aromatic N) is 1. The summed E-state index contributed by atoms with van der Waals surface area (Å²) in [6.45, 7) is 0.199. The predicted molar refractivity (Wildman–Crippen MR) is 64.9 cm³/mol. The largest absolute Gasteiger partial charge is 0.448 e. The maximum absolute atomic E-state index is 10.9. The Hall–Kier alpha value is -2.55. The molecule has 0 atom stereocenters. The molecular formula is C9H13N5O4. The third kappa shape index (κ3) is 3.49. The number of ether oxygens (including phenoxy) is 1. The molecule has 1 aromatic carbocycles. The van der Waals surface area contributed by atoms with Crippen LogP contribution in [0.5, 0.6) is 0 Å². The standard InChI is InChI=1S/C9H13N5O4/c10-9(15)18-5-4-12-6-2-1-3-7(13-11)8(6)14(16)17/h1-3,12-13H,4-5,11H2,(H2,10,15). The molecule has 9 nitrogen and oxygen atoms in total. The van der Waals surface area contributed by atoms with Crippen molar-refractivity contribution >= 4 is 23.2 Å². The Morgan fingerprint density at radius 3 is 2.67 bits per heavy atom. The number of carbonyl (C=O) groups excluding carboxylic acids is 1. The number of carbonyl (C=O) groups is 1. The minimum absolute atomic E-state index is 0.00672. The number of benzene rings is 1. The van der Waals surface area contributed by atoms with Crippen molar-refractivity contribution in [1.82, 2.24) is 0 Å². The first-order valence-electron chi connectivity index (χ1n) is 4.96. The molecule has 1 amide bonds. The summed E-state index contributed by atoms with van der Waals surface area (Å²) in [6.07, 6.45) is -0.899. The van der Waals surface area contributed by atoms with Crippen LogP contribution in [0.2, 0.25) is 0 Å². The van der Waals surface area contributed by atoms with Gasteiger partial charge in [-0.25, -0.2) is 4.79 Å². The molecule has 0 bridgehead atoms. The van der Waals surface area contributed by atoms with E-state index in [1.165, 1.54) is 12.1 Å². The molecule has 0 radical (unpaired) electrons. The summed E-state index contributed by atoms with van der Waals surface area (Å²) < 4.78 is 4.49. The van der Waals surface area contributed by atoms with Gasteiger partial charge in [0.25, 0.3) is 0 Å². The zero-order valence-electron chi connectivity index (χ0n) is 9.38. The average Bonchev–Trinajstić information content (AvgIpc) is 2.33. The number of nitrogens with two attached hydrogens (primary N) is 2. The highest BCUT2D eigenvalue weighted by molar-refractivity contribution is 5.75. The minimum Gasteiger partial charge on any atom is -0.448 e. The van der Waals surface area contributed by atoms with E-state index in [1.54, 1.807) is 6.07 Å². The Morgan fingerprint density at radius 1 is 1.44 bits per heavy atom. The lowest BCUT2D eigenvalue weighted by atomic mass is 10.2. The van der Waals surface area contributed by atoms with Gasteiger partial charge in [0, 0.05) is 6.54 Å². The second-order valence-corrected chi connectivity index (χ2v) is 3.20. The summed E-state index contributed by atoms with van der Waals surface area (Å²) in [5.74, 6) is 5.18. The monoisotopic (exact) mass is 255 g/mol. The number of rotatable bonds is 6. The molecule has 6 N–H and O–H groups in total. The Bertz CT molecular complexity index is 451. The van der Waals surface area contributed by atoms with E-state index in [-0.39, 0.29) is 30.2 Å². The first-order chi connectivity index (χ1) is 8.56. The predicted octanol–water partition coefficient (Wildman–Crippen LogP) is 0.388. The first-order valence-corrected chi connectivity index (χ1v) is 4.96. The van der Waals surface area contributed by atoms with E-state index in [2.05, 4.69) is 15.5 Å². The molecule has 0 fully saturated rings. The highest BCUT2D eigenvalue weighted by atomic mass is 16.6. The number of nitro benzene ring substituents is 1.